The van der Waals surface area contributed by atoms with Crippen molar-refractivity contribution in [3.8, 4) is 0 Å². The fraction of sp³-hybridized carbons (Fsp3) is 0.357. The van der Waals surface area contributed by atoms with Crippen LogP contribution in [0.1, 0.15) is 42.3 Å². The summed E-state index contributed by atoms with van der Waals surface area (Å²) in [6, 6.07) is 2.03. The first-order valence-corrected chi connectivity index (χ1v) is 5.65. The van der Waals surface area contributed by atoms with Gasteiger partial charge in [0.15, 0.2) is 5.84 Å². The summed E-state index contributed by atoms with van der Waals surface area (Å²) in [7, 11) is 0. The molecular formula is C14H19N3. The minimum Gasteiger partial charge on any atom is -0.257 e. The summed E-state index contributed by atoms with van der Waals surface area (Å²) in [5.74, 6) is 0.911. The van der Waals surface area contributed by atoms with E-state index in [1.165, 1.54) is 6.20 Å². The average Bonchev–Trinajstić information content (AvgIpc) is 2.25. The molecule has 0 bridgehead atoms. The van der Waals surface area contributed by atoms with Crippen molar-refractivity contribution in [3.05, 3.63) is 41.4 Å². The molecule has 1 heterocycles. The van der Waals surface area contributed by atoms with Gasteiger partial charge >= 0.3 is 0 Å². The Labute approximate surface area is 103 Å². The molecule has 0 aliphatic rings. The van der Waals surface area contributed by atoms with E-state index in [0.717, 1.165) is 22.5 Å². The maximum atomic E-state index is 4.58. The fourth-order valence-corrected chi connectivity index (χ4v) is 1.85. The molecular weight excluding hydrogens is 210 g/mol. The zero-order valence-corrected chi connectivity index (χ0v) is 11.0. The Morgan fingerprint density at radius 3 is 2.53 bits per heavy atom. The average molecular weight is 229 g/mol. The number of amidine groups is 1. The van der Waals surface area contributed by atoms with Gasteiger partial charge in [0.1, 0.15) is 0 Å². The Kier molecular flexibility index (Phi) is 4.32. The van der Waals surface area contributed by atoms with E-state index < -0.39 is 0 Å². The molecule has 1 rings (SSSR count). The van der Waals surface area contributed by atoms with Crippen LogP contribution in [0.4, 0.5) is 0 Å². The first-order chi connectivity index (χ1) is 8.01. The molecule has 0 aliphatic heterocycles. The molecule has 1 aromatic rings. The second-order valence-electron chi connectivity index (χ2n) is 4.29. The van der Waals surface area contributed by atoms with Crippen LogP contribution in [0.5, 0.6) is 0 Å². The molecule has 0 N–H and O–H groups in total. The summed E-state index contributed by atoms with van der Waals surface area (Å²) in [6.45, 7) is 15.4. The van der Waals surface area contributed by atoms with Gasteiger partial charge in [0.25, 0.3) is 0 Å². The van der Waals surface area contributed by atoms with E-state index in [4.69, 9.17) is 0 Å². The van der Waals surface area contributed by atoms with Gasteiger partial charge in [-0.05, 0) is 38.1 Å². The number of hydrogen-bond donors (Lipinski definition) is 0. The molecule has 0 amide bonds. The number of nitrogens with zero attached hydrogens (tertiary/aromatic N) is 3. The maximum absolute atomic E-state index is 4.58. The third kappa shape index (κ3) is 2.87. The van der Waals surface area contributed by atoms with Crippen LogP contribution in [-0.4, -0.2) is 17.5 Å². The van der Waals surface area contributed by atoms with Crippen LogP contribution in [0, 0.1) is 13.8 Å². The Morgan fingerprint density at radius 2 is 2.06 bits per heavy atom. The number of rotatable bonds is 3. The van der Waals surface area contributed by atoms with Crippen molar-refractivity contribution < 1.29 is 0 Å². The van der Waals surface area contributed by atoms with E-state index in [2.05, 4.69) is 42.1 Å². The highest BCUT2D eigenvalue weighted by Crippen LogP contribution is 2.22. The number of aliphatic imine (C=N–C) groups is 2. The SMILES string of the molecule is C=CN=C(N=C)c1c(C)cc(C)nc1C(C)C. The zero-order chi connectivity index (χ0) is 13.0. The molecule has 0 radical (unpaired) electrons. The molecule has 0 aromatic carbocycles. The summed E-state index contributed by atoms with van der Waals surface area (Å²) < 4.78 is 0. The third-order valence-corrected chi connectivity index (χ3v) is 2.51. The highest BCUT2D eigenvalue weighted by atomic mass is 14.9. The number of aromatic nitrogens is 1. The predicted octanol–water partition coefficient (Wildman–Crippen LogP) is 3.41. The largest absolute Gasteiger partial charge is 0.257 e. The number of aryl methyl sites for hydroxylation is 2. The molecule has 0 saturated carbocycles. The van der Waals surface area contributed by atoms with Gasteiger partial charge in [-0.25, -0.2) is 9.98 Å². The van der Waals surface area contributed by atoms with E-state index in [0.29, 0.717) is 11.8 Å². The summed E-state index contributed by atoms with van der Waals surface area (Å²) in [6.07, 6.45) is 1.48. The first-order valence-electron chi connectivity index (χ1n) is 5.65. The molecule has 90 valence electrons. The lowest BCUT2D eigenvalue weighted by Gasteiger charge is -2.14. The number of pyridine rings is 1. The maximum Gasteiger partial charge on any atom is 0.160 e. The highest BCUT2D eigenvalue weighted by molar-refractivity contribution is 6.03. The lowest BCUT2D eigenvalue weighted by Crippen LogP contribution is -2.10. The van der Waals surface area contributed by atoms with E-state index in [9.17, 15) is 0 Å². The normalized spacial score (nSPS) is 11.7. The molecule has 0 fully saturated rings. The van der Waals surface area contributed by atoms with Crippen LogP contribution >= 0.6 is 0 Å². The summed E-state index contributed by atoms with van der Waals surface area (Å²) in [5, 5.41) is 0. The van der Waals surface area contributed by atoms with Gasteiger partial charge in [0.05, 0.1) is 5.69 Å². The monoisotopic (exact) mass is 229 g/mol. The second-order valence-corrected chi connectivity index (χ2v) is 4.29. The lowest BCUT2D eigenvalue weighted by molar-refractivity contribution is 0.809. The van der Waals surface area contributed by atoms with Gasteiger partial charge in [-0.15, -0.1) is 0 Å². The topological polar surface area (TPSA) is 37.6 Å². The van der Waals surface area contributed by atoms with Crippen molar-refractivity contribution in [2.45, 2.75) is 33.6 Å². The molecule has 3 nitrogen and oxygen atoms in total. The van der Waals surface area contributed by atoms with Crippen LogP contribution in [0.25, 0.3) is 0 Å². The molecule has 17 heavy (non-hydrogen) atoms. The van der Waals surface area contributed by atoms with Crippen LogP contribution in [0.2, 0.25) is 0 Å². The van der Waals surface area contributed by atoms with Gasteiger partial charge in [-0.1, -0.05) is 20.4 Å². The van der Waals surface area contributed by atoms with E-state index in [-0.39, 0.29) is 0 Å². The van der Waals surface area contributed by atoms with Gasteiger partial charge in [-0.3, -0.25) is 4.98 Å². The molecule has 0 atom stereocenters. The smallest absolute Gasteiger partial charge is 0.160 e. The van der Waals surface area contributed by atoms with Crippen molar-refractivity contribution in [1.82, 2.24) is 4.98 Å². The Bertz CT molecular complexity index is 471. The molecule has 0 saturated heterocycles. The highest BCUT2D eigenvalue weighted by Gasteiger charge is 2.16. The van der Waals surface area contributed by atoms with Crippen molar-refractivity contribution >= 4 is 12.6 Å². The third-order valence-electron chi connectivity index (χ3n) is 2.51. The van der Waals surface area contributed by atoms with Gasteiger partial charge in [-0.2, -0.15) is 0 Å². The van der Waals surface area contributed by atoms with Crippen LogP contribution in [0.15, 0.2) is 28.8 Å². The van der Waals surface area contributed by atoms with E-state index in [1.807, 2.05) is 19.9 Å². The van der Waals surface area contributed by atoms with Gasteiger partial charge in [0.2, 0.25) is 0 Å². The van der Waals surface area contributed by atoms with Crippen LogP contribution in [-0.2, 0) is 0 Å². The minimum absolute atomic E-state index is 0.320. The van der Waals surface area contributed by atoms with Crippen molar-refractivity contribution in [2.75, 3.05) is 0 Å². The van der Waals surface area contributed by atoms with E-state index in [1.54, 1.807) is 0 Å². The van der Waals surface area contributed by atoms with Crippen LogP contribution in [0.3, 0.4) is 0 Å². The Morgan fingerprint density at radius 1 is 1.41 bits per heavy atom. The summed E-state index contributed by atoms with van der Waals surface area (Å²) in [4.78, 5) is 12.7. The van der Waals surface area contributed by atoms with Crippen molar-refractivity contribution in [1.29, 1.82) is 0 Å². The van der Waals surface area contributed by atoms with Crippen LogP contribution < -0.4 is 0 Å². The first kappa shape index (κ1) is 13.3. The molecule has 0 spiro atoms. The standard InChI is InChI=1S/C14H19N3/c1-7-16-14(15-6)12-10(4)8-11(5)17-13(12)9(2)3/h7-9H,1,6H2,2-5H3. The number of hydrogen-bond acceptors (Lipinski definition) is 2. The van der Waals surface area contributed by atoms with Gasteiger partial charge < -0.3 is 0 Å². The quantitative estimate of drug-likeness (QED) is 0.578. The molecule has 1 aromatic heterocycles. The molecule has 3 heteroatoms. The fourth-order valence-electron chi connectivity index (χ4n) is 1.85. The summed E-state index contributed by atoms with van der Waals surface area (Å²) >= 11 is 0. The van der Waals surface area contributed by atoms with Crippen molar-refractivity contribution in [3.63, 3.8) is 0 Å². The molecule has 0 unspecified atom stereocenters. The van der Waals surface area contributed by atoms with E-state index >= 15 is 0 Å². The Hall–Kier alpha value is -1.77. The Balaban J connectivity index is 3.55. The minimum atomic E-state index is 0.320. The summed E-state index contributed by atoms with van der Waals surface area (Å²) in [5.41, 5.74) is 4.11. The molecule has 0 aliphatic carbocycles. The second kappa shape index (κ2) is 5.53. The lowest BCUT2D eigenvalue weighted by atomic mass is 9.98. The predicted molar refractivity (Wildman–Crippen MR) is 74.1 cm³/mol. The van der Waals surface area contributed by atoms with Crippen molar-refractivity contribution in [2.24, 2.45) is 9.98 Å². The zero-order valence-electron chi connectivity index (χ0n) is 11.0. The van der Waals surface area contributed by atoms with Gasteiger partial charge in [0, 0.05) is 17.5 Å².